The van der Waals surface area contributed by atoms with Gasteiger partial charge in [-0.05, 0) is 40.3 Å². The molecule has 2 rings (SSSR count). The SMILES string of the molecule is COc1ccc(CN(C)c2ncc(I)cn2)cc1. The normalized spacial score (nSPS) is 10.2. The molecule has 18 heavy (non-hydrogen) atoms. The summed E-state index contributed by atoms with van der Waals surface area (Å²) in [7, 11) is 3.65. The van der Waals surface area contributed by atoms with E-state index in [0.717, 1.165) is 21.8 Å². The Labute approximate surface area is 120 Å². The van der Waals surface area contributed by atoms with E-state index in [1.165, 1.54) is 5.56 Å². The van der Waals surface area contributed by atoms with Crippen LogP contribution in [0.1, 0.15) is 5.56 Å². The minimum Gasteiger partial charge on any atom is -0.497 e. The summed E-state index contributed by atoms with van der Waals surface area (Å²) in [6.45, 7) is 0.768. The average molecular weight is 355 g/mol. The van der Waals surface area contributed by atoms with Gasteiger partial charge in [-0.25, -0.2) is 9.97 Å². The lowest BCUT2D eigenvalue weighted by atomic mass is 10.2. The Morgan fingerprint density at radius 2 is 1.78 bits per heavy atom. The molecule has 0 amide bonds. The van der Waals surface area contributed by atoms with E-state index in [9.17, 15) is 0 Å². The second-order valence-corrected chi connectivity index (χ2v) is 5.15. The number of rotatable bonds is 4. The quantitative estimate of drug-likeness (QED) is 0.791. The predicted molar refractivity (Wildman–Crippen MR) is 79.9 cm³/mol. The Kier molecular flexibility index (Phi) is 4.35. The molecule has 0 saturated heterocycles. The Balaban J connectivity index is 2.05. The molecule has 0 bridgehead atoms. The van der Waals surface area contributed by atoms with E-state index in [-0.39, 0.29) is 0 Å². The topological polar surface area (TPSA) is 38.2 Å². The van der Waals surface area contributed by atoms with Crippen LogP contribution < -0.4 is 9.64 Å². The van der Waals surface area contributed by atoms with Crippen molar-refractivity contribution in [3.8, 4) is 5.75 Å². The molecule has 0 radical (unpaired) electrons. The highest BCUT2D eigenvalue weighted by molar-refractivity contribution is 14.1. The zero-order chi connectivity index (χ0) is 13.0. The van der Waals surface area contributed by atoms with Crippen LogP contribution >= 0.6 is 22.6 Å². The first-order chi connectivity index (χ1) is 8.69. The molecular formula is C13H14IN3O. The lowest BCUT2D eigenvalue weighted by molar-refractivity contribution is 0.414. The number of hydrogen-bond donors (Lipinski definition) is 0. The van der Waals surface area contributed by atoms with E-state index in [1.807, 2.05) is 48.6 Å². The van der Waals surface area contributed by atoms with Gasteiger partial charge < -0.3 is 9.64 Å². The lowest BCUT2D eigenvalue weighted by Crippen LogP contribution is -2.18. The third kappa shape index (κ3) is 3.32. The number of halogens is 1. The third-order valence-electron chi connectivity index (χ3n) is 2.53. The monoisotopic (exact) mass is 355 g/mol. The van der Waals surface area contributed by atoms with Gasteiger partial charge >= 0.3 is 0 Å². The predicted octanol–water partition coefficient (Wildman–Crippen LogP) is 2.73. The second-order valence-electron chi connectivity index (χ2n) is 3.91. The molecule has 0 aliphatic heterocycles. The van der Waals surface area contributed by atoms with Crippen LogP contribution in [0.2, 0.25) is 0 Å². The summed E-state index contributed by atoms with van der Waals surface area (Å²) in [5.74, 6) is 1.60. The number of anilines is 1. The van der Waals surface area contributed by atoms with Crippen molar-refractivity contribution in [1.82, 2.24) is 9.97 Å². The Hall–Kier alpha value is -1.37. The largest absolute Gasteiger partial charge is 0.497 e. The number of aromatic nitrogens is 2. The van der Waals surface area contributed by atoms with Gasteiger partial charge in [-0.3, -0.25) is 0 Å². The molecule has 0 unspecified atom stereocenters. The van der Waals surface area contributed by atoms with Crippen molar-refractivity contribution in [3.05, 3.63) is 45.8 Å². The van der Waals surface area contributed by atoms with Crippen LogP contribution in [0.25, 0.3) is 0 Å². The molecular weight excluding hydrogens is 341 g/mol. The van der Waals surface area contributed by atoms with Gasteiger partial charge in [0, 0.05) is 29.6 Å². The zero-order valence-electron chi connectivity index (χ0n) is 10.3. The minimum atomic E-state index is 0.728. The van der Waals surface area contributed by atoms with Crippen LogP contribution in [0, 0.1) is 3.57 Å². The molecule has 1 aromatic carbocycles. The molecule has 0 aliphatic rings. The fraction of sp³-hybridized carbons (Fsp3) is 0.231. The number of methoxy groups -OCH3 is 1. The molecule has 0 fully saturated rings. The first-order valence-corrected chi connectivity index (χ1v) is 6.58. The lowest BCUT2D eigenvalue weighted by Gasteiger charge is -2.16. The maximum absolute atomic E-state index is 5.13. The van der Waals surface area contributed by atoms with E-state index in [1.54, 1.807) is 7.11 Å². The summed E-state index contributed by atoms with van der Waals surface area (Å²) >= 11 is 2.19. The first kappa shape index (κ1) is 13.1. The molecule has 1 heterocycles. The van der Waals surface area contributed by atoms with Crippen molar-refractivity contribution in [1.29, 1.82) is 0 Å². The van der Waals surface area contributed by atoms with Crippen molar-refractivity contribution in [2.24, 2.45) is 0 Å². The summed E-state index contributed by atoms with van der Waals surface area (Å²) < 4.78 is 6.17. The molecule has 2 aromatic rings. The molecule has 1 aromatic heterocycles. The van der Waals surface area contributed by atoms with Gasteiger partial charge in [-0.15, -0.1) is 0 Å². The van der Waals surface area contributed by atoms with Gasteiger partial charge in [-0.2, -0.15) is 0 Å². The van der Waals surface area contributed by atoms with E-state index >= 15 is 0 Å². The average Bonchev–Trinajstić information content (AvgIpc) is 2.40. The van der Waals surface area contributed by atoms with Crippen LogP contribution in [0.15, 0.2) is 36.7 Å². The first-order valence-electron chi connectivity index (χ1n) is 5.50. The van der Waals surface area contributed by atoms with Crippen LogP contribution in [-0.4, -0.2) is 24.1 Å². The highest BCUT2D eigenvalue weighted by Crippen LogP contribution is 2.14. The smallest absolute Gasteiger partial charge is 0.225 e. The number of benzene rings is 1. The highest BCUT2D eigenvalue weighted by atomic mass is 127. The van der Waals surface area contributed by atoms with Gasteiger partial charge in [0.2, 0.25) is 5.95 Å². The van der Waals surface area contributed by atoms with Gasteiger partial charge in [-0.1, -0.05) is 12.1 Å². The standard InChI is InChI=1S/C13H14IN3O/c1-17(13-15-7-11(14)8-16-13)9-10-3-5-12(18-2)6-4-10/h3-8H,9H2,1-2H3. The van der Waals surface area contributed by atoms with Crippen LogP contribution in [0.3, 0.4) is 0 Å². The van der Waals surface area contributed by atoms with Crippen molar-refractivity contribution in [2.75, 3.05) is 19.1 Å². The molecule has 4 nitrogen and oxygen atoms in total. The van der Waals surface area contributed by atoms with E-state index in [0.29, 0.717) is 0 Å². The highest BCUT2D eigenvalue weighted by Gasteiger charge is 2.05. The summed E-state index contributed by atoms with van der Waals surface area (Å²) in [5, 5.41) is 0. The van der Waals surface area contributed by atoms with Gasteiger partial charge in [0.05, 0.1) is 7.11 Å². The Morgan fingerprint density at radius 1 is 1.17 bits per heavy atom. The maximum Gasteiger partial charge on any atom is 0.225 e. The van der Waals surface area contributed by atoms with Crippen LogP contribution in [0.5, 0.6) is 5.75 Å². The van der Waals surface area contributed by atoms with E-state index in [4.69, 9.17) is 4.74 Å². The van der Waals surface area contributed by atoms with Crippen LogP contribution in [-0.2, 0) is 6.54 Å². The third-order valence-corrected chi connectivity index (χ3v) is 3.08. The van der Waals surface area contributed by atoms with Crippen LogP contribution in [0.4, 0.5) is 5.95 Å². The Morgan fingerprint density at radius 3 is 2.33 bits per heavy atom. The van der Waals surface area contributed by atoms with E-state index in [2.05, 4.69) is 32.6 Å². The Bertz CT molecular complexity index is 499. The molecule has 0 aliphatic carbocycles. The van der Waals surface area contributed by atoms with Gasteiger partial charge in [0.1, 0.15) is 5.75 Å². The molecule has 0 spiro atoms. The van der Waals surface area contributed by atoms with Gasteiger partial charge in [0.15, 0.2) is 0 Å². The zero-order valence-corrected chi connectivity index (χ0v) is 12.5. The van der Waals surface area contributed by atoms with Crippen molar-refractivity contribution < 1.29 is 4.74 Å². The molecule has 0 saturated carbocycles. The molecule has 5 heteroatoms. The summed E-state index contributed by atoms with van der Waals surface area (Å²) in [6.07, 6.45) is 3.63. The number of hydrogen-bond acceptors (Lipinski definition) is 4. The van der Waals surface area contributed by atoms with Gasteiger partial charge in [0.25, 0.3) is 0 Å². The fourth-order valence-corrected chi connectivity index (χ4v) is 1.86. The summed E-state index contributed by atoms with van der Waals surface area (Å²) in [4.78, 5) is 10.6. The second kappa shape index (κ2) is 5.99. The van der Waals surface area contributed by atoms with Crippen molar-refractivity contribution in [3.63, 3.8) is 0 Å². The maximum atomic E-state index is 5.13. The minimum absolute atomic E-state index is 0.728. The van der Waals surface area contributed by atoms with E-state index < -0.39 is 0 Å². The summed E-state index contributed by atoms with van der Waals surface area (Å²) in [5.41, 5.74) is 1.19. The molecule has 94 valence electrons. The number of nitrogens with zero attached hydrogens (tertiary/aromatic N) is 3. The number of ether oxygens (including phenoxy) is 1. The summed E-state index contributed by atoms with van der Waals surface area (Å²) in [6, 6.07) is 8.00. The van der Waals surface area contributed by atoms with Crippen molar-refractivity contribution >= 4 is 28.5 Å². The van der Waals surface area contributed by atoms with Crippen molar-refractivity contribution in [2.45, 2.75) is 6.54 Å². The molecule has 0 atom stereocenters. The molecule has 0 N–H and O–H groups in total. The fourth-order valence-electron chi connectivity index (χ4n) is 1.58.